The van der Waals surface area contributed by atoms with Gasteiger partial charge in [-0.3, -0.25) is 0 Å². The molecule has 0 aliphatic rings. The van der Waals surface area contributed by atoms with Crippen LogP contribution in [0.5, 0.6) is 5.75 Å². The fourth-order valence-corrected chi connectivity index (χ4v) is 3.27. The molecule has 3 nitrogen and oxygen atoms in total. The van der Waals surface area contributed by atoms with E-state index in [9.17, 15) is 5.11 Å². The van der Waals surface area contributed by atoms with Crippen molar-refractivity contribution >= 4 is 0 Å². The van der Waals surface area contributed by atoms with E-state index in [0.717, 1.165) is 18.7 Å². The van der Waals surface area contributed by atoms with Crippen molar-refractivity contribution in [3.8, 4) is 5.75 Å². The fourth-order valence-electron chi connectivity index (χ4n) is 3.27. The van der Waals surface area contributed by atoms with Gasteiger partial charge in [0.2, 0.25) is 0 Å². The Morgan fingerprint density at radius 2 is 1.50 bits per heavy atom. The van der Waals surface area contributed by atoms with E-state index in [0.29, 0.717) is 13.2 Å². The Balaban J connectivity index is 1.55. The molecule has 0 aromatic heterocycles. The standard InChI is InChI=1S/C25H37NO2/c1-2-3-4-5-6-7-9-12-22-15-17-25(18-16-22)28-21-24(27)20-26-19-23-13-10-8-11-14-23/h8,10-11,13-18,24,26-27H,2-7,9,12,19-21H2,1H3/t24-/m0/s1. The lowest BCUT2D eigenvalue weighted by molar-refractivity contribution is 0.106. The van der Waals surface area contributed by atoms with Crippen molar-refractivity contribution in [3.63, 3.8) is 0 Å². The van der Waals surface area contributed by atoms with Gasteiger partial charge in [-0.25, -0.2) is 0 Å². The summed E-state index contributed by atoms with van der Waals surface area (Å²) in [6.45, 7) is 3.84. The molecular formula is C25H37NO2. The first-order valence-electron chi connectivity index (χ1n) is 10.9. The lowest BCUT2D eigenvalue weighted by Crippen LogP contribution is -2.31. The van der Waals surface area contributed by atoms with Crippen LogP contribution in [0.4, 0.5) is 0 Å². The van der Waals surface area contributed by atoms with Crippen molar-refractivity contribution in [1.29, 1.82) is 0 Å². The molecule has 154 valence electrons. The molecule has 3 heteroatoms. The van der Waals surface area contributed by atoms with Gasteiger partial charge in [0.1, 0.15) is 18.5 Å². The van der Waals surface area contributed by atoms with Gasteiger partial charge in [-0.2, -0.15) is 0 Å². The predicted octanol–water partition coefficient (Wildman–Crippen LogP) is 5.51. The molecule has 1 atom stereocenters. The predicted molar refractivity (Wildman–Crippen MR) is 118 cm³/mol. The van der Waals surface area contributed by atoms with Crippen molar-refractivity contribution in [2.24, 2.45) is 0 Å². The topological polar surface area (TPSA) is 41.5 Å². The van der Waals surface area contributed by atoms with Crippen LogP contribution in [0.1, 0.15) is 63.0 Å². The molecule has 0 radical (unpaired) electrons. The molecule has 0 aliphatic carbocycles. The molecule has 0 fully saturated rings. The number of rotatable bonds is 15. The maximum Gasteiger partial charge on any atom is 0.119 e. The van der Waals surface area contributed by atoms with Gasteiger partial charge in [-0.1, -0.05) is 87.9 Å². The molecule has 0 unspecified atom stereocenters. The van der Waals surface area contributed by atoms with Gasteiger partial charge in [-0.05, 0) is 36.1 Å². The zero-order valence-electron chi connectivity index (χ0n) is 17.4. The number of hydrogen-bond donors (Lipinski definition) is 2. The van der Waals surface area contributed by atoms with Crippen molar-refractivity contribution in [2.75, 3.05) is 13.2 Å². The number of aliphatic hydroxyl groups excluding tert-OH is 1. The summed E-state index contributed by atoms with van der Waals surface area (Å²) in [5.74, 6) is 0.824. The van der Waals surface area contributed by atoms with Crippen LogP contribution in [0.3, 0.4) is 0 Å². The van der Waals surface area contributed by atoms with Crippen molar-refractivity contribution < 1.29 is 9.84 Å². The van der Waals surface area contributed by atoms with Gasteiger partial charge in [0.25, 0.3) is 0 Å². The summed E-state index contributed by atoms with van der Waals surface area (Å²) in [6, 6.07) is 18.5. The van der Waals surface area contributed by atoms with Crippen LogP contribution < -0.4 is 10.1 Å². The second-order valence-electron chi connectivity index (χ2n) is 7.60. The monoisotopic (exact) mass is 383 g/mol. The van der Waals surface area contributed by atoms with Crippen LogP contribution in [0.15, 0.2) is 54.6 Å². The van der Waals surface area contributed by atoms with Gasteiger partial charge in [0.05, 0.1) is 0 Å². The third-order valence-electron chi connectivity index (χ3n) is 4.99. The van der Waals surface area contributed by atoms with E-state index in [2.05, 4.69) is 36.5 Å². The molecule has 2 N–H and O–H groups in total. The van der Waals surface area contributed by atoms with E-state index in [1.54, 1.807) is 0 Å². The van der Waals surface area contributed by atoms with Gasteiger partial charge < -0.3 is 15.2 Å². The average Bonchev–Trinajstić information content (AvgIpc) is 2.73. The molecule has 0 bridgehead atoms. The molecule has 28 heavy (non-hydrogen) atoms. The molecule has 0 amide bonds. The molecule has 0 spiro atoms. The number of aryl methyl sites for hydroxylation is 1. The lowest BCUT2D eigenvalue weighted by Gasteiger charge is -2.13. The van der Waals surface area contributed by atoms with E-state index in [1.165, 1.54) is 56.1 Å². The first kappa shape index (κ1) is 22.4. The van der Waals surface area contributed by atoms with Gasteiger partial charge in [-0.15, -0.1) is 0 Å². The normalized spacial score (nSPS) is 12.1. The lowest BCUT2D eigenvalue weighted by atomic mass is 10.0. The number of hydrogen-bond acceptors (Lipinski definition) is 3. The summed E-state index contributed by atoms with van der Waals surface area (Å²) in [6.07, 6.45) is 10.0. The molecule has 0 aliphatic heterocycles. The first-order valence-corrected chi connectivity index (χ1v) is 10.9. The summed E-state index contributed by atoms with van der Waals surface area (Å²) < 4.78 is 5.72. The Kier molecular flexibility index (Phi) is 11.4. The quantitative estimate of drug-likeness (QED) is 0.399. The summed E-state index contributed by atoms with van der Waals surface area (Å²) in [5, 5.41) is 13.3. The van der Waals surface area contributed by atoms with Crippen LogP contribution in [-0.2, 0) is 13.0 Å². The maximum atomic E-state index is 10.1. The van der Waals surface area contributed by atoms with Gasteiger partial charge in [0.15, 0.2) is 0 Å². The third kappa shape index (κ3) is 9.91. The molecule has 2 aromatic carbocycles. The number of benzene rings is 2. The largest absolute Gasteiger partial charge is 0.491 e. The SMILES string of the molecule is CCCCCCCCCc1ccc(OC[C@@H](O)CNCc2ccccc2)cc1. The van der Waals surface area contributed by atoms with Crippen molar-refractivity contribution in [2.45, 2.75) is 70.9 Å². The van der Waals surface area contributed by atoms with E-state index >= 15 is 0 Å². The zero-order valence-corrected chi connectivity index (χ0v) is 17.4. The highest BCUT2D eigenvalue weighted by Gasteiger charge is 2.05. The van der Waals surface area contributed by atoms with E-state index in [4.69, 9.17) is 4.74 Å². The van der Waals surface area contributed by atoms with Crippen molar-refractivity contribution in [3.05, 3.63) is 65.7 Å². The van der Waals surface area contributed by atoms with E-state index < -0.39 is 6.10 Å². The van der Waals surface area contributed by atoms with Crippen LogP contribution in [0.25, 0.3) is 0 Å². The number of nitrogens with one attached hydrogen (secondary N) is 1. The Bertz CT molecular complexity index is 612. The summed E-state index contributed by atoms with van der Waals surface area (Å²) in [4.78, 5) is 0. The number of aliphatic hydroxyl groups is 1. The van der Waals surface area contributed by atoms with E-state index in [-0.39, 0.29) is 0 Å². The maximum absolute atomic E-state index is 10.1. The van der Waals surface area contributed by atoms with Gasteiger partial charge in [0, 0.05) is 13.1 Å². The summed E-state index contributed by atoms with van der Waals surface area (Å²) in [5.41, 5.74) is 2.58. The summed E-state index contributed by atoms with van der Waals surface area (Å²) in [7, 11) is 0. The highest BCUT2D eigenvalue weighted by Crippen LogP contribution is 2.15. The smallest absolute Gasteiger partial charge is 0.119 e. The highest BCUT2D eigenvalue weighted by atomic mass is 16.5. The number of ether oxygens (including phenoxy) is 1. The Labute approximate surface area is 171 Å². The molecule has 2 rings (SSSR count). The molecule has 0 heterocycles. The van der Waals surface area contributed by atoms with Crippen LogP contribution in [0.2, 0.25) is 0 Å². The third-order valence-corrected chi connectivity index (χ3v) is 4.99. The summed E-state index contributed by atoms with van der Waals surface area (Å²) >= 11 is 0. The number of unbranched alkanes of at least 4 members (excludes halogenated alkanes) is 6. The first-order chi connectivity index (χ1) is 13.8. The Morgan fingerprint density at radius 3 is 2.21 bits per heavy atom. The molecule has 0 saturated heterocycles. The fraction of sp³-hybridized carbons (Fsp3) is 0.520. The van der Waals surface area contributed by atoms with Crippen LogP contribution >= 0.6 is 0 Å². The minimum absolute atomic E-state index is 0.304. The molecular weight excluding hydrogens is 346 g/mol. The van der Waals surface area contributed by atoms with Crippen LogP contribution in [0, 0.1) is 0 Å². The average molecular weight is 384 g/mol. The molecule has 0 saturated carbocycles. The van der Waals surface area contributed by atoms with E-state index in [1.807, 2.05) is 30.3 Å². The molecule has 2 aromatic rings. The minimum Gasteiger partial charge on any atom is -0.491 e. The second kappa shape index (κ2) is 14.2. The Morgan fingerprint density at radius 1 is 0.821 bits per heavy atom. The van der Waals surface area contributed by atoms with Gasteiger partial charge >= 0.3 is 0 Å². The zero-order chi connectivity index (χ0) is 19.9. The highest BCUT2D eigenvalue weighted by molar-refractivity contribution is 5.27. The minimum atomic E-state index is -0.518. The van der Waals surface area contributed by atoms with Crippen LogP contribution in [-0.4, -0.2) is 24.4 Å². The van der Waals surface area contributed by atoms with Crippen molar-refractivity contribution in [1.82, 2.24) is 5.32 Å². The Hall–Kier alpha value is -1.84. The second-order valence-corrected chi connectivity index (χ2v) is 7.60.